The Morgan fingerprint density at radius 2 is 1.94 bits per heavy atom. The van der Waals surface area contributed by atoms with Crippen molar-refractivity contribution < 1.29 is 9.59 Å². The van der Waals surface area contributed by atoms with E-state index in [0.29, 0.717) is 4.88 Å². The minimum atomic E-state index is -0.404. The quantitative estimate of drug-likeness (QED) is 0.880. The lowest BCUT2D eigenvalue weighted by Crippen LogP contribution is -2.35. The summed E-state index contributed by atoms with van der Waals surface area (Å²) >= 11 is 1.43. The largest absolute Gasteiger partial charge is 0.344 e. The first-order chi connectivity index (χ1) is 7.30. The second kappa shape index (κ2) is 4.78. The SMILES string of the molecule is Cc1ccc(C(=O)NCC(=O)C(C)(C)C)s1. The van der Waals surface area contributed by atoms with E-state index in [2.05, 4.69) is 5.32 Å². The molecule has 0 saturated heterocycles. The van der Waals surface area contributed by atoms with Crippen LogP contribution in [-0.2, 0) is 4.79 Å². The van der Waals surface area contributed by atoms with E-state index in [-0.39, 0.29) is 18.2 Å². The lowest BCUT2D eigenvalue weighted by Gasteiger charge is -2.16. The van der Waals surface area contributed by atoms with Gasteiger partial charge in [0.05, 0.1) is 11.4 Å². The molecule has 1 aromatic heterocycles. The molecule has 0 atom stereocenters. The standard InChI is InChI=1S/C12H17NO2S/c1-8-5-6-9(16-8)11(15)13-7-10(14)12(2,3)4/h5-6H,7H2,1-4H3,(H,13,15). The van der Waals surface area contributed by atoms with E-state index in [4.69, 9.17) is 0 Å². The molecule has 1 aromatic rings. The molecule has 0 saturated carbocycles. The fourth-order valence-corrected chi connectivity index (χ4v) is 1.85. The molecule has 0 aliphatic rings. The van der Waals surface area contributed by atoms with Crippen LogP contribution in [0, 0.1) is 12.3 Å². The lowest BCUT2D eigenvalue weighted by atomic mass is 9.91. The molecule has 0 spiro atoms. The summed E-state index contributed by atoms with van der Waals surface area (Å²) in [5, 5.41) is 2.64. The van der Waals surface area contributed by atoms with Gasteiger partial charge in [0.15, 0.2) is 5.78 Å². The van der Waals surface area contributed by atoms with Gasteiger partial charge in [-0.05, 0) is 19.1 Å². The molecular formula is C12H17NO2S. The monoisotopic (exact) mass is 239 g/mol. The number of rotatable bonds is 3. The highest BCUT2D eigenvalue weighted by Crippen LogP contribution is 2.16. The van der Waals surface area contributed by atoms with Gasteiger partial charge in [0.1, 0.15) is 0 Å². The number of hydrogen-bond acceptors (Lipinski definition) is 3. The van der Waals surface area contributed by atoms with E-state index < -0.39 is 5.41 Å². The van der Waals surface area contributed by atoms with E-state index in [0.717, 1.165) is 4.88 Å². The van der Waals surface area contributed by atoms with Crippen LogP contribution >= 0.6 is 11.3 Å². The third-order valence-electron chi connectivity index (χ3n) is 2.21. The number of aryl methyl sites for hydroxylation is 1. The zero-order valence-electron chi connectivity index (χ0n) is 10.1. The van der Waals surface area contributed by atoms with Gasteiger partial charge in [-0.2, -0.15) is 0 Å². The molecule has 0 aliphatic heterocycles. The van der Waals surface area contributed by atoms with E-state index in [1.54, 1.807) is 6.07 Å². The van der Waals surface area contributed by atoms with Crippen LogP contribution in [-0.4, -0.2) is 18.2 Å². The molecule has 1 N–H and O–H groups in total. The Morgan fingerprint density at radius 3 is 2.38 bits per heavy atom. The van der Waals surface area contributed by atoms with Crippen molar-refractivity contribution in [3.63, 3.8) is 0 Å². The van der Waals surface area contributed by atoms with Crippen molar-refractivity contribution >= 4 is 23.0 Å². The first-order valence-corrected chi connectivity index (χ1v) is 6.00. The molecule has 0 radical (unpaired) electrons. The second-order valence-electron chi connectivity index (χ2n) is 4.77. The maximum atomic E-state index is 11.6. The summed E-state index contributed by atoms with van der Waals surface area (Å²) < 4.78 is 0. The predicted molar refractivity (Wildman–Crippen MR) is 65.9 cm³/mol. The van der Waals surface area contributed by atoms with Crippen molar-refractivity contribution in [2.24, 2.45) is 5.41 Å². The average Bonchev–Trinajstić information content (AvgIpc) is 2.59. The van der Waals surface area contributed by atoms with Gasteiger partial charge >= 0.3 is 0 Å². The third kappa shape index (κ3) is 3.45. The number of carbonyl (C=O) groups is 2. The van der Waals surface area contributed by atoms with Crippen molar-refractivity contribution in [2.75, 3.05) is 6.54 Å². The Bertz CT molecular complexity index is 401. The molecule has 3 nitrogen and oxygen atoms in total. The first-order valence-electron chi connectivity index (χ1n) is 5.18. The summed E-state index contributed by atoms with van der Waals surface area (Å²) in [4.78, 5) is 25.0. The van der Waals surface area contributed by atoms with Crippen molar-refractivity contribution in [1.29, 1.82) is 0 Å². The molecule has 0 bridgehead atoms. The maximum Gasteiger partial charge on any atom is 0.261 e. The summed E-state index contributed by atoms with van der Waals surface area (Å²) in [5.74, 6) is -0.134. The molecule has 0 fully saturated rings. The number of ketones is 1. The van der Waals surface area contributed by atoms with Crippen molar-refractivity contribution in [1.82, 2.24) is 5.32 Å². The molecular weight excluding hydrogens is 222 g/mol. The fourth-order valence-electron chi connectivity index (χ4n) is 1.07. The number of nitrogens with one attached hydrogen (secondary N) is 1. The van der Waals surface area contributed by atoms with Crippen molar-refractivity contribution in [3.05, 3.63) is 21.9 Å². The molecule has 88 valence electrons. The Hall–Kier alpha value is -1.16. The van der Waals surface area contributed by atoms with Crippen LogP contribution in [0.25, 0.3) is 0 Å². The highest BCUT2D eigenvalue weighted by atomic mass is 32.1. The smallest absolute Gasteiger partial charge is 0.261 e. The number of amides is 1. The van der Waals surface area contributed by atoms with Crippen LogP contribution in [0.1, 0.15) is 35.3 Å². The first kappa shape index (κ1) is 12.9. The Labute approximate surface area is 99.9 Å². The highest BCUT2D eigenvalue weighted by Gasteiger charge is 2.21. The highest BCUT2D eigenvalue weighted by molar-refractivity contribution is 7.13. The van der Waals surface area contributed by atoms with Crippen molar-refractivity contribution in [2.45, 2.75) is 27.7 Å². The molecule has 16 heavy (non-hydrogen) atoms. The van der Waals surface area contributed by atoms with Gasteiger partial charge in [-0.3, -0.25) is 9.59 Å². The molecule has 4 heteroatoms. The van der Waals surface area contributed by atoms with Gasteiger partial charge in [0, 0.05) is 10.3 Å². The zero-order chi connectivity index (χ0) is 12.3. The van der Waals surface area contributed by atoms with Crippen LogP contribution in [0.5, 0.6) is 0 Å². The number of carbonyl (C=O) groups excluding carboxylic acids is 2. The molecule has 1 heterocycles. The molecule has 1 amide bonds. The van der Waals surface area contributed by atoms with Crippen LogP contribution in [0.2, 0.25) is 0 Å². The Kier molecular flexibility index (Phi) is 3.86. The van der Waals surface area contributed by atoms with Crippen LogP contribution in [0.4, 0.5) is 0 Å². The van der Waals surface area contributed by atoms with Gasteiger partial charge in [0.2, 0.25) is 0 Å². The summed E-state index contributed by atoms with van der Waals surface area (Å²) in [5.41, 5.74) is -0.404. The zero-order valence-corrected chi connectivity index (χ0v) is 10.9. The second-order valence-corrected chi connectivity index (χ2v) is 6.05. The summed E-state index contributed by atoms with van der Waals surface area (Å²) in [6.45, 7) is 7.57. The van der Waals surface area contributed by atoms with E-state index in [1.807, 2.05) is 33.8 Å². The summed E-state index contributed by atoms with van der Waals surface area (Å²) in [7, 11) is 0. The average molecular weight is 239 g/mol. The predicted octanol–water partition coefficient (Wildman–Crippen LogP) is 2.40. The van der Waals surface area contributed by atoms with E-state index >= 15 is 0 Å². The third-order valence-corrected chi connectivity index (χ3v) is 3.21. The van der Waals surface area contributed by atoms with E-state index in [9.17, 15) is 9.59 Å². The molecule has 0 aliphatic carbocycles. The maximum absolute atomic E-state index is 11.6. The minimum Gasteiger partial charge on any atom is -0.344 e. The summed E-state index contributed by atoms with van der Waals surface area (Å²) in [6.07, 6.45) is 0. The van der Waals surface area contributed by atoms with Gasteiger partial charge in [-0.1, -0.05) is 20.8 Å². The fraction of sp³-hybridized carbons (Fsp3) is 0.500. The number of Topliss-reactive ketones (excluding diaryl/α,β-unsaturated/α-hetero) is 1. The minimum absolute atomic E-state index is 0.0362. The number of thiophene rings is 1. The van der Waals surface area contributed by atoms with Gasteiger partial charge in [-0.15, -0.1) is 11.3 Å². The molecule has 1 rings (SSSR count). The lowest BCUT2D eigenvalue weighted by molar-refractivity contribution is -0.125. The topological polar surface area (TPSA) is 46.2 Å². The normalized spacial score (nSPS) is 11.2. The number of hydrogen-bond donors (Lipinski definition) is 1. The molecule has 0 aromatic carbocycles. The van der Waals surface area contributed by atoms with Crippen LogP contribution < -0.4 is 5.32 Å². The van der Waals surface area contributed by atoms with Crippen molar-refractivity contribution in [3.8, 4) is 0 Å². The van der Waals surface area contributed by atoms with E-state index in [1.165, 1.54) is 11.3 Å². The van der Waals surface area contributed by atoms with Crippen LogP contribution in [0.15, 0.2) is 12.1 Å². The van der Waals surface area contributed by atoms with Gasteiger partial charge in [0.25, 0.3) is 5.91 Å². The summed E-state index contributed by atoms with van der Waals surface area (Å²) in [6, 6.07) is 3.67. The van der Waals surface area contributed by atoms with Gasteiger partial charge < -0.3 is 5.32 Å². The molecule has 0 unspecified atom stereocenters. The van der Waals surface area contributed by atoms with Gasteiger partial charge in [-0.25, -0.2) is 0 Å². The van der Waals surface area contributed by atoms with Crippen LogP contribution in [0.3, 0.4) is 0 Å². The Morgan fingerprint density at radius 1 is 1.31 bits per heavy atom. The Balaban J connectivity index is 2.51.